The molecular weight excluding hydrogens is 176 g/mol. The van der Waals surface area contributed by atoms with Gasteiger partial charge in [0.15, 0.2) is 0 Å². The molecule has 1 saturated carbocycles. The van der Waals surface area contributed by atoms with E-state index in [1.54, 1.807) is 13.2 Å². The molecule has 0 aliphatic heterocycles. The Labute approximate surface area is 74.5 Å². The lowest BCUT2D eigenvalue weighted by Crippen LogP contribution is -2.26. The highest BCUT2D eigenvalue weighted by Gasteiger charge is 2.71. The summed E-state index contributed by atoms with van der Waals surface area (Å²) in [6.45, 7) is -0.0221. The predicted octanol–water partition coefficient (Wildman–Crippen LogP) is 0.656. The largest absolute Gasteiger partial charge is 0.329 e. The van der Waals surface area contributed by atoms with Crippen molar-refractivity contribution in [2.45, 2.75) is 17.8 Å². The Bertz CT molecular complexity index is 334. The Morgan fingerprint density at radius 1 is 1.69 bits per heavy atom. The maximum absolute atomic E-state index is 13.0. The maximum atomic E-state index is 13.0. The second-order valence-corrected chi connectivity index (χ2v) is 3.57. The summed E-state index contributed by atoms with van der Waals surface area (Å²) in [4.78, 5) is 0. The maximum Gasteiger partial charge on any atom is 0.260 e. The molecule has 1 heterocycles. The van der Waals surface area contributed by atoms with Gasteiger partial charge in [0, 0.05) is 31.8 Å². The molecule has 2 N–H and O–H groups in total. The van der Waals surface area contributed by atoms with E-state index in [4.69, 9.17) is 5.73 Å². The summed E-state index contributed by atoms with van der Waals surface area (Å²) in [6, 6.07) is 0. The fourth-order valence-electron chi connectivity index (χ4n) is 1.66. The van der Waals surface area contributed by atoms with Crippen LogP contribution in [0.1, 0.15) is 12.0 Å². The molecule has 0 aromatic carbocycles. The standard InChI is InChI=1S/C8H11F2N3/c1-13-3-6(2-12-13)7(5-11)4-8(7,9)10/h2-3H,4-5,11H2,1H3. The molecule has 5 heteroatoms. The summed E-state index contributed by atoms with van der Waals surface area (Å²) in [5, 5.41) is 3.86. The minimum atomic E-state index is -2.65. The third-order valence-corrected chi connectivity index (χ3v) is 2.70. The van der Waals surface area contributed by atoms with Crippen molar-refractivity contribution in [1.29, 1.82) is 0 Å². The first-order chi connectivity index (χ1) is 6.02. The lowest BCUT2D eigenvalue weighted by atomic mass is 9.99. The van der Waals surface area contributed by atoms with E-state index in [2.05, 4.69) is 5.10 Å². The van der Waals surface area contributed by atoms with Crippen molar-refractivity contribution < 1.29 is 8.78 Å². The van der Waals surface area contributed by atoms with Crippen molar-refractivity contribution in [1.82, 2.24) is 9.78 Å². The third-order valence-electron chi connectivity index (χ3n) is 2.70. The van der Waals surface area contributed by atoms with Crippen molar-refractivity contribution in [2.24, 2.45) is 12.8 Å². The van der Waals surface area contributed by atoms with Gasteiger partial charge in [-0.2, -0.15) is 5.10 Å². The minimum Gasteiger partial charge on any atom is -0.329 e. The average Bonchev–Trinajstić information content (AvgIpc) is 2.43. The first-order valence-electron chi connectivity index (χ1n) is 4.09. The van der Waals surface area contributed by atoms with Crippen LogP contribution in [0.2, 0.25) is 0 Å². The SMILES string of the molecule is Cn1cc(C2(CN)CC2(F)F)cn1. The van der Waals surface area contributed by atoms with Gasteiger partial charge in [-0.25, -0.2) is 8.78 Å². The second-order valence-electron chi connectivity index (χ2n) is 3.57. The monoisotopic (exact) mass is 187 g/mol. The molecule has 72 valence electrons. The van der Waals surface area contributed by atoms with Gasteiger partial charge in [0.1, 0.15) is 0 Å². The topological polar surface area (TPSA) is 43.8 Å². The summed E-state index contributed by atoms with van der Waals surface area (Å²) >= 11 is 0. The molecular formula is C8H11F2N3. The number of rotatable bonds is 2. The summed E-state index contributed by atoms with van der Waals surface area (Å²) in [6.07, 6.45) is 2.92. The Kier molecular flexibility index (Phi) is 1.52. The molecule has 1 atom stereocenters. The molecule has 1 unspecified atom stereocenters. The van der Waals surface area contributed by atoms with E-state index < -0.39 is 11.3 Å². The van der Waals surface area contributed by atoms with Crippen molar-refractivity contribution >= 4 is 0 Å². The molecule has 3 nitrogen and oxygen atoms in total. The number of aryl methyl sites for hydroxylation is 1. The highest BCUT2D eigenvalue weighted by Crippen LogP contribution is 2.60. The number of alkyl halides is 2. The van der Waals surface area contributed by atoms with Crippen molar-refractivity contribution in [3.05, 3.63) is 18.0 Å². The van der Waals surface area contributed by atoms with Crippen LogP contribution >= 0.6 is 0 Å². The van der Waals surface area contributed by atoms with Crippen molar-refractivity contribution in [3.63, 3.8) is 0 Å². The molecule has 0 spiro atoms. The van der Waals surface area contributed by atoms with E-state index in [-0.39, 0.29) is 13.0 Å². The van der Waals surface area contributed by atoms with Crippen LogP contribution in [0.25, 0.3) is 0 Å². The zero-order valence-electron chi connectivity index (χ0n) is 7.30. The molecule has 0 saturated heterocycles. The van der Waals surface area contributed by atoms with E-state index in [0.29, 0.717) is 5.56 Å². The molecule has 13 heavy (non-hydrogen) atoms. The van der Waals surface area contributed by atoms with Crippen LogP contribution in [0.3, 0.4) is 0 Å². The quantitative estimate of drug-likeness (QED) is 0.739. The average molecular weight is 187 g/mol. The minimum absolute atomic E-state index is 0.0221. The third kappa shape index (κ3) is 0.997. The van der Waals surface area contributed by atoms with Crippen LogP contribution in [0.4, 0.5) is 8.78 Å². The van der Waals surface area contributed by atoms with E-state index in [0.717, 1.165) is 0 Å². The molecule has 1 fully saturated rings. The Hall–Kier alpha value is -0.970. The number of nitrogens with two attached hydrogens (primary N) is 1. The van der Waals surface area contributed by atoms with Gasteiger partial charge in [-0.05, 0) is 0 Å². The predicted molar refractivity (Wildman–Crippen MR) is 43.5 cm³/mol. The van der Waals surface area contributed by atoms with E-state index in [9.17, 15) is 8.78 Å². The Morgan fingerprint density at radius 2 is 2.31 bits per heavy atom. The number of aromatic nitrogens is 2. The molecule has 1 aliphatic carbocycles. The zero-order valence-corrected chi connectivity index (χ0v) is 7.30. The van der Waals surface area contributed by atoms with Gasteiger partial charge in [0.05, 0.1) is 11.6 Å². The molecule has 0 amide bonds. The van der Waals surface area contributed by atoms with Crippen LogP contribution in [0.15, 0.2) is 12.4 Å². The number of halogens is 2. The van der Waals surface area contributed by atoms with Crippen molar-refractivity contribution in [3.8, 4) is 0 Å². The zero-order chi connectivity index (χ0) is 9.69. The molecule has 0 bridgehead atoms. The first-order valence-corrected chi connectivity index (χ1v) is 4.09. The second kappa shape index (κ2) is 2.29. The highest BCUT2D eigenvalue weighted by molar-refractivity contribution is 5.35. The smallest absolute Gasteiger partial charge is 0.260 e. The number of hydrogen-bond donors (Lipinski definition) is 1. The van der Waals surface area contributed by atoms with Gasteiger partial charge in [0.25, 0.3) is 5.92 Å². The lowest BCUT2D eigenvalue weighted by Gasteiger charge is -2.10. The van der Waals surface area contributed by atoms with Gasteiger partial charge in [-0.15, -0.1) is 0 Å². The lowest BCUT2D eigenvalue weighted by molar-refractivity contribution is 0.0896. The van der Waals surface area contributed by atoms with E-state index >= 15 is 0 Å². The van der Waals surface area contributed by atoms with Crippen molar-refractivity contribution in [2.75, 3.05) is 6.54 Å². The normalized spacial score (nSPS) is 30.5. The van der Waals surface area contributed by atoms with Crippen LogP contribution in [-0.4, -0.2) is 22.2 Å². The van der Waals surface area contributed by atoms with Gasteiger partial charge in [-0.3, -0.25) is 4.68 Å². The van der Waals surface area contributed by atoms with Crippen LogP contribution in [0, 0.1) is 0 Å². The van der Waals surface area contributed by atoms with E-state index in [1.807, 2.05) is 0 Å². The summed E-state index contributed by atoms with van der Waals surface area (Å²) < 4.78 is 27.6. The molecule has 1 aromatic rings. The Balaban J connectivity index is 2.35. The van der Waals surface area contributed by atoms with Gasteiger partial charge in [-0.1, -0.05) is 0 Å². The van der Waals surface area contributed by atoms with Crippen LogP contribution < -0.4 is 5.73 Å². The summed E-state index contributed by atoms with van der Waals surface area (Å²) in [5.41, 5.74) is 4.78. The van der Waals surface area contributed by atoms with Crippen LogP contribution in [-0.2, 0) is 12.5 Å². The van der Waals surface area contributed by atoms with Gasteiger partial charge < -0.3 is 5.73 Å². The molecule has 0 radical (unpaired) electrons. The number of nitrogens with zero attached hydrogens (tertiary/aromatic N) is 2. The molecule has 2 rings (SSSR count). The summed E-state index contributed by atoms with van der Waals surface area (Å²) in [7, 11) is 1.70. The molecule has 1 aromatic heterocycles. The fraction of sp³-hybridized carbons (Fsp3) is 0.625. The summed E-state index contributed by atoms with van der Waals surface area (Å²) in [5.74, 6) is -2.65. The fourth-order valence-corrected chi connectivity index (χ4v) is 1.66. The Morgan fingerprint density at radius 3 is 2.62 bits per heavy atom. The number of hydrogen-bond acceptors (Lipinski definition) is 2. The van der Waals surface area contributed by atoms with Gasteiger partial charge in [0.2, 0.25) is 0 Å². The highest BCUT2D eigenvalue weighted by atomic mass is 19.3. The van der Waals surface area contributed by atoms with E-state index in [1.165, 1.54) is 10.9 Å². The first kappa shape index (κ1) is 8.62. The van der Waals surface area contributed by atoms with Crippen LogP contribution in [0.5, 0.6) is 0 Å². The van der Waals surface area contributed by atoms with Gasteiger partial charge >= 0.3 is 0 Å². The molecule has 1 aliphatic rings.